The number of hydrogen-bond acceptors (Lipinski definition) is 8. The normalized spacial score (nSPS) is 10.4. The smallest absolute Gasteiger partial charge is 0.339 e. The Hall–Kier alpha value is -2.88. The van der Waals surface area contributed by atoms with Crippen molar-refractivity contribution in [3.63, 3.8) is 0 Å². The zero-order valence-corrected chi connectivity index (χ0v) is 16.3. The third-order valence-corrected chi connectivity index (χ3v) is 4.64. The molecule has 0 spiro atoms. The monoisotopic (exact) mass is 392 g/mol. The van der Waals surface area contributed by atoms with Crippen molar-refractivity contribution in [3.8, 4) is 0 Å². The van der Waals surface area contributed by atoms with Crippen LogP contribution in [0.4, 0.5) is 5.69 Å². The lowest BCUT2D eigenvalue weighted by molar-refractivity contribution is -0.113. The van der Waals surface area contributed by atoms with Gasteiger partial charge in [0.15, 0.2) is 5.16 Å². The number of aryl methyl sites for hydroxylation is 1. The topological polar surface area (TPSA) is 112 Å². The SMILES string of the molecule is CCn1c(C)nnc1SCC(=O)Nc1cc(C(=O)OC)ccc1C(=O)OC. The molecule has 0 saturated heterocycles. The molecule has 0 radical (unpaired) electrons. The van der Waals surface area contributed by atoms with Gasteiger partial charge in [-0.05, 0) is 32.0 Å². The minimum atomic E-state index is -0.629. The van der Waals surface area contributed by atoms with E-state index in [9.17, 15) is 14.4 Å². The van der Waals surface area contributed by atoms with Crippen molar-refractivity contribution in [1.82, 2.24) is 14.8 Å². The van der Waals surface area contributed by atoms with Gasteiger partial charge in [-0.15, -0.1) is 10.2 Å². The second kappa shape index (κ2) is 9.17. The zero-order valence-electron chi connectivity index (χ0n) is 15.4. The van der Waals surface area contributed by atoms with Crippen LogP contribution in [0.15, 0.2) is 23.4 Å². The lowest BCUT2D eigenvalue weighted by Gasteiger charge is -2.11. The summed E-state index contributed by atoms with van der Waals surface area (Å²) in [5.74, 6) is -0.755. The molecule has 1 aromatic heterocycles. The van der Waals surface area contributed by atoms with Crippen molar-refractivity contribution in [3.05, 3.63) is 35.2 Å². The van der Waals surface area contributed by atoms with Crippen molar-refractivity contribution in [2.24, 2.45) is 0 Å². The molecule has 0 saturated carbocycles. The first-order valence-electron chi connectivity index (χ1n) is 8.04. The maximum atomic E-state index is 12.3. The van der Waals surface area contributed by atoms with Crippen molar-refractivity contribution >= 4 is 35.3 Å². The number of methoxy groups -OCH3 is 2. The van der Waals surface area contributed by atoms with Crippen LogP contribution in [0.3, 0.4) is 0 Å². The molecule has 0 aliphatic heterocycles. The molecule has 1 heterocycles. The largest absolute Gasteiger partial charge is 0.465 e. The van der Waals surface area contributed by atoms with Gasteiger partial charge in [0, 0.05) is 6.54 Å². The fraction of sp³-hybridized carbons (Fsp3) is 0.353. The summed E-state index contributed by atoms with van der Waals surface area (Å²) in [6, 6.07) is 4.20. The highest BCUT2D eigenvalue weighted by Gasteiger charge is 2.18. The number of esters is 2. The number of rotatable bonds is 7. The molecule has 1 N–H and O–H groups in total. The highest BCUT2D eigenvalue weighted by Crippen LogP contribution is 2.21. The van der Waals surface area contributed by atoms with E-state index in [2.05, 4.69) is 20.3 Å². The number of amides is 1. The quantitative estimate of drug-likeness (QED) is 0.562. The van der Waals surface area contributed by atoms with Crippen LogP contribution in [0.5, 0.6) is 0 Å². The Bertz CT molecular complexity index is 865. The predicted octanol–water partition coefficient (Wildman–Crippen LogP) is 1.91. The summed E-state index contributed by atoms with van der Waals surface area (Å²) in [7, 11) is 2.48. The van der Waals surface area contributed by atoms with Crippen molar-refractivity contribution in [1.29, 1.82) is 0 Å². The van der Waals surface area contributed by atoms with Crippen LogP contribution in [-0.2, 0) is 20.8 Å². The number of ether oxygens (including phenoxy) is 2. The maximum Gasteiger partial charge on any atom is 0.339 e. The predicted molar refractivity (Wildman–Crippen MR) is 98.9 cm³/mol. The fourth-order valence-electron chi connectivity index (χ4n) is 2.33. The molecule has 0 unspecified atom stereocenters. The first-order chi connectivity index (χ1) is 12.9. The second-order valence-electron chi connectivity index (χ2n) is 5.35. The maximum absolute atomic E-state index is 12.3. The average molecular weight is 392 g/mol. The van der Waals surface area contributed by atoms with E-state index in [4.69, 9.17) is 4.74 Å². The third kappa shape index (κ3) is 4.85. The number of aromatic nitrogens is 3. The van der Waals surface area contributed by atoms with Crippen LogP contribution in [0.2, 0.25) is 0 Å². The van der Waals surface area contributed by atoms with Gasteiger partial charge in [0.2, 0.25) is 5.91 Å². The Labute approximate surface area is 160 Å². The number of thioether (sulfide) groups is 1. The van der Waals surface area contributed by atoms with E-state index < -0.39 is 11.9 Å². The summed E-state index contributed by atoms with van der Waals surface area (Å²) >= 11 is 1.22. The molecular formula is C17H20N4O5S. The highest BCUT2D eigenvalue weighted by molar-refractivity contribution is 7.99. The third-order valence-electron chi connectivity index (χ3n) is 3.67. The summed E-state index contributed by atoms with van der Waals surface area (Å²) in [5.41, 5.74) is 0.508. The molecule has 1 aromatic carbocycles. The van der Waals surface area contributed by atoms with E-state index in [0.29, 0.717) is 11.7 Å². The number of hydrogen-bond donors (Lipinski definition) is 1. The van der Waals surface area contributed by atoms with Crippen molar-refractivity contribution < 1.29 is 23.9 Å². The molecule has 0 aliphatic carbocycles. The number of carbonyl (C=O) groups excluding carboxylic acids is 3. The minimum absolute atomic E-state index is 0.0567. The summed E-state index contributed by atoms with van der Waals surface area (Å²) < 4.78 is 11.3. The molecular weight excluding hydrogens is 372 g/mol. The van der Waals surface area contributed by atoms with Gasteiger partial charge in [0.1, 0.15) is 5.82 Å². The minimum Gasteiger partial charge on any atom is -0.465 e. The average Bonchev–Trinajstić information content (AvgIpc) is 3.04. The molecule has 144 valence electrons. The van der Waals surface area contributed by atoms with Crippen LogP contribution in [-0.4, -0.2) is 52.6 Å². The molecule has 9 nitrogen and oxygen atoms in total. The van der Waals surface area contributed by atoms with Crippen LogP contribution in [0.25, 0.3) is 0 Å². The standard InChI is InChI=1S/C17H20N4O5S/c1-5-21-10(2)19-20-17(21)27-9-14(22)18-13-8-11(15(23)25-3)6-7-12(13)16(24)26-4/h6-8H,5,9H2,1-4H3,(H,18,22). The Morgan fingerprint density at radius 1 is 1.15 bits per heavy atom. The Balaban J connectivity index is 2.17. The van der Waals surface area contributed by atoms with Crippen LogP contribution < -0.4 is 5.32 Å². The van der Waals surface area contributed by atoms with E-state index in [1.165, 1.54) is 44.2 Å². The van der Waals surface area contributed by atoms with Crippen LogP contribution in [0, 0.1) is 6.92 Å². The van der Waals surface area contributed by atoms with Crippen LogP contribution in [0.1, 0.15) is 33.5 Å². The summed E-state index contributed by atoms with van der Waals surface area (Å²) in [4.78, 5) is 36.0. The number of nitrogens with one attached hydrogen (secondary N) is 1. The molecule has 10 heteroatoms. The van der Waals surface area contributed by atoms with Gasteiger partial charge in [0.25, 0.3) is 0 Å². The Morgan fingerprint density at radius 2 is 1.85 bits per heavy atom. The highest BCUT2D eigenvalue weighted by atomic mass is 32.2. The number of benzene rings is 1. The first-order valence-corrected chi connectivity index (χ1v) is 9.02. The van der Waals surface area contributed by atoms with Gasteiger partial charge in [0.05, 0.1) is 36.8 Å². The molecule has 0 bridgehead atoms. The Kier molecular flexibility index (Phi) is 6.94. The molecule has 2 aromatic rings. The van der Waals surface area contributed by atoms with Gasteiger partial charge in [-0.25, -0.2) is 9.59 Å². The molecule has 0 atom stereocenters. The van der Waals surface area contributed by atoms with E-state index in [1.807, 2.05) is 18.4 Å². The molecule has 1 amide bonds. The van der Waals surface area contributed by atoms with Crippen LogP contribution >= 0.6 is 11.8 Å². The Morgan fingerprint density at radius 3 is 2.48 bits per heavy atom. The lowest BCUT2D eigenvalue weighted by Crippen LogP contribution is -2.18. The molecule has 0 aliphatic rings. The first kappa shape index (κ1) is 20.4. The molecule has 2 rings (SSSR count). The van der Waals surface area contributed by atoms with E-state index >= 15 is 0 Å². The zero-order chi connectivity index (χ0) is 20.0. The number of nitrogens with zero attached hydrogens (tertiary/aromatic N) is 3. The summed E-state index contributed by atoms with van der Waals surface area (Å²) in [5, 5.41) is 11.3. The molecule has 27 heavy (non-hydrogen) atoms. The van der Waals surface area contributed by atoms with E-state index in [1.54, 1.807) is 0 Å². The lowest BCUT2D eigenvalue weighted by atomic mass is 10.1. The fourth-order valence-corrected chi connectivity index (χ4v) is 3.18. The van der Waals surface area contributed by atoms with Gasteiger partial charge in [-0.2, -0.15) is 0 Å². The van der Waals surface area contributed by atoms with Gasteiger partial charge in [-0.1, -0.05) is 11.8 Å². The van der Waals surface area contributed by atoms with Crippen molar-refractivity contribution in [2.75, 3.05) is 25.3 Å². The van der Waals surface area contributed by atoms with Gasteiger partial charge >= 0.3 is 11.9 Å². The second-order valence-corrected chi connectivity index (χ2v) is 6.30. The van der Waals surface area contributed by atoms with Gasteiger partial charge < -0.3 is 19.4 Å². The molecule has 0 fully saturated rings. The van der Waals surface area contributed by atoms with Gasteiger partial charge in [-0.3, -0.25) is 4.79 Å². The summed E-state index contributed by atoms with van der Waals surface area (Å²) in [6.07, 6.45) is 0. The van der Waals surface area contributed by atoms with E-state index in [-0.39, 0.29) is 28.5 Å². The number of carbonyl (C=O) groups is 3. The number of anilines is 1. The van der Waals surface area contributed by atoms with Crippen molar-refractivity contribution in [2.45, 2.75) is 25.5 Å². The summed E-state index contributed by atoms with van der Waals surface area (Å²) in [6.45, 7) is 4.49. The van der Waals surface area contributed by atoms with E-state index in [0.717, 1.165) is 5.82 Å².